The summed E-state index contributed by atoms with van der Waals surface area (Å²) in [5.74, 6) is -3.45. The summed E-state index contributed by atoms with van der Waals surface area (Å²) in [7, 11) is 2.65. The Labute approximate surface area is 151 Å². The summed E-state index contributed by atoms with van der Waals surface area (Å²) in [5, 5.41) is 0. The van der Waals surface area contributed by atoms with E-state index in [1.54, 1.807) is 6.92 Å². The molecule has 1 aromatic rings. The molecule has 1 heterocycles. The van der Waals surface area contributed by atoms with E-state index in [1.807, 2.05) is 32.0 Å². The lowest BCUT2D eigenvalue weighted by molar-refractivity contribution is -0.156. The summed E-state index contributed by atoms with van der Waals surface area (Å²) in [6, 6.07) is 4.91. The van der Waals surface area contributed by atoms with Crippen LogP contribution in [-0.4, -0.2) is 54.3 Å². The number of ether oxygens (including phenoxy) is 1. The first kappa shape index (κ1) is 18.1. The molecule has 26 heavy (non-hydrogen) atoms. The van der Waals surface area contributed by atoms with Crippen LogP contribution in [0.25, 0.3) is 0 Å². The number of nitrogens with zero attached hydrogens (tertiary/aromatic N) is 2. The Morgan fingerprint density at radius 1 is 1.08 bits per heavy atom. The molecule has 138 valence electrons. The van der Waals surface area contributed by atoms with Gasteiger partial charge in [0.1, 0.15) is 0 Å². The van der Waals surface area contributed by atoms with Crippen molar-refractivity contribution in [3.63, 3.8) is 0 Å². The fourth-order valence-corrected chi connectivity index (χ4v) is 3.93. The van der Waals surface area contributed by atoms with Gasteiger partial charge in [0.05, 0.1) is 12.5 Å². The van der Waals surface area contributed by atoms with E-state index in [4.69, 9.17) is 4.74 Å². The second-order valence-corrected chi connectivity index (χ2v) is 6.93. The van der Waals surface area contributed by atoms with E-state index in [9.17, 15) is 19.2 Å². The van der Waals surface area contributed by atoms with Crippen molar-refractivity contribution in [2.24, 2.45) is 11.3 Å². The number of amides is 4. The number of carbonyl (C=O) groups excluding carboxylic acids is 4. The van der Waals surface area contributed by atoms with Gasteiger partial charge in [-0.1, -0.05) is 18.2 Å². The Hall–Kier alpha value is -2.70. The van der Waals surface area contributed by atoms with Gasteiger partial charge in [0.2, 0.25) is 11.8 Å². The van der Waals surface area contributed by atoms with E-state index in [1.165, 1.54) is 14.1 Å². The summed E-state index contributed by atoms with van der Waals surface area (Å²) in [5.41, 5.74) is 1.19. The highest BCUT2D eigenvalue weighted by molar-refractivity contribution is 6.24. The van der Waals surface area contributed by atoms with Crippen molar-refractivity contribution in [3.8, 4) is 0 Å². The van der Waals surface area contributed by atoms with Crippen LogP contribution in [0.2, 0.25) is 0 Å². The van der Waals surface area contributed by atoms with Crippen LogP contribution in [0, 0.1) is 25.2 Å². The molecule has 1 aliphatic heterocycles. The average molecular weight is 358 g/mol. The molecule has 2 unspecified atom stereocenters. The summed E-state index contributed by atoms with van der Waals surface area (Å²) < 4.78 is 5.13. The molecule has 0 bridgehead atoms. The van der Waals surface area contributed by atoms with Gasteiger partial charge in [0, 0.05) is 20.0 Å². The SMILES string of the molecule is CCOC(=O)C1C(c2ccc(C)c(C)c2)C12C(=O)N(C)C(=O)N(C)C2=O. The van der Waals surface area contributed by atoms with Crippen molar-refractivity contribution in [1.29, 1.82) is 0 Å². The lowest BCUT2D eigenvalue weighted by Crippen LogP contribution is -2.59. The van der Waals surface area contributed by atoms with E-state index in [0.29, 0.717) is 0 Å². The maximum Gasteiger partial charge on any atom is 0.332 e. The first-order valence-corrected chi connectivity index (χ1v) is 8.53. The van der Waals surface area contributed by atoms with Crippen molar-refractivity contribution in [2.45, 2.75) is 26.7 Å². The van der Waals surface area contributed by atoms with Gasteiger partial charge in [-0.2, -0.15) is 0 Å². The summed E-state index contributed by atoms with van der Waals surface area (Å²) >= 11 is 0. The van der Waals surface area contributed by atoms with Crippen molar-refractivity contribution in [2.75, 3.05) is 20.7 Å². The Kier molecular flexibility index (Phi) is 4.13. The zero-order chi connectivity index (χ0) is 19.4. The van der Waals surface area contributed by atoms with Crippen LogP contribution in [0.1, 0.15) is 29.5 Å². The molecule has 3 rings (SSSR count). The zero-order valence-corrected chi connectivity index (χ0v) is 15.5. The molecule has 1 saturated heterocycles. The molecule has 1 aromatic carbocycles. The lowest BCUT2D eigenvalue weighted by atomic mass is 9.92. The number of hydrogen-bond donors (Lipinski definition) is 0. The standard InChI is InChI=1S/C19H22N2O5/c1-6-26-15(22)14-13(12-8-7-10(2)11(3)9-12)19(14)16(23)20(4)18(25)21(5)17(19)24/h7-9,13-14H,6H2,1-5H3. The maximum atomic E-state index is 13.0. The Morgan fingerprint density at radius 2 is 1.65 bits per heavy atom. The highest BCUT2D eigenvalue weighted by atomic mass is 16.5. The summed E-state index contributed by atoms with van der Waals surface area (Å²) in [4.78, 5) is 52.4. The van der Waals surface area contributed by atoms with Gasteiger partial charge in [-0.15, -0.1) is 0 Å². The zero-order valence-electron chi connectivity index (χ0n) is 15.5. The number of urea groups is 1. The molecule has 2 fully saturated rings. The number of hydrogen-bond acceptors (Lipinski definition) is 5. The maximum absolute atomic E-state index is 13.0. The number of benzene rings is 1. The van der Waals surface area contributed by atoms with Crippen LogP contribution in [0.15, 0.2) is 18.2 Å². The normalized spacial score (nSPS) is 24.3. The van der Waals surface area contributed by atoms with E-state index in [2.05, 4.69) is 0 Å². The van der Waals surface area contributed by atoms with Crippen LogP contribution in [0.5, 0.6) is 0 Å². The number of aryl methyl sites for hydroxylation is 2. The highest BCUT2D eigenvalue weighted by Gasteiger charge is 2.81. The first-order valence-electron chi connectivity index (χ1n) is 8.53. The van der Waals surface area contributed by atoms with Crippen molar-refractivity contribution in [1.82, 2.24) is 9.80 Å². The fraction of sp³-hybridized carbons (Fsp3) is 0.474. The molecule has 7 heteroatoms. The summed E-state index contributed by atoms with van der Waals surface area (Å²) in [6.45, 7) is 5.71. The minimum Gasteiger partial charge on any atom is -0.466 e. The first-order chi connectivity index (χ1) is 12.2. The lowest BCUT2D eigenvalue weighted by Gasteiger charge is -2.34. The van der Waals surface area contributed by atoms with Gasteiger partial charge in [-0.3, -0.25) is 24.2 Å². The predicted molar refractivity (Wildman–Crippen MR) is 92.1 cm³/mol. The van der Waals surface area contributed by atoms with E-state index in [-0.39, 0.29) is 6.61 Å². The van der Waals surface area contributed by atoms with Crippen LogP contribution >= 0.6 is 0 Å². The number of carbonyl (C=O) groups is 4. The van der Waals surface area contributed by atoms with E-state index >= 15 is 0 Å². The smallest absolute Gasteiger partial charge is 0.332 e. The quantitative estimate of drug-likeness (QED) is 0.605. The second kappa shape index (κ2) is 5.93. The number of esters is 1. The average Bonchev–Trinajstić information content (AvgIpc) is 3.31. The van der Waals surface area contributed by atoms with Crippen LogP contribution in [0.3, 0.4) is 0 Å². The third kappa shape index (κ3) is 2.19. The third-order valence-electron chi connectivity index (χ3n) is 5.53. The molecule has 4 amide bonds. The monoisotopic (exact) mass is 358 g/mol. The molecule has 7 nitrogen and oxygen atoms in total. The molecule has 1 aliphatic carbocycles. The topological polar surface area (TPSA) is 84.0 Å². The minimum absolute atomic E-state index is 0.151. The highest BCUT2D eigenvalue weighted by Crippen LogP contribution is 2.68. The second-order valence-electron chi connectivity index (χ2n) is 6.93. The molecule has 0 radical (unpaired) electrons. The van der Waals surface area contributed by atoms with E-state index < -0.39 is 41.1 Å². The molecule has 2 aliphatic rings. The molecular weight excluding hydrogens is 336 g/mol. The molecule has 0 aromatic heterocycles. The predicted octanol–water partition coefficient (Wildman–Crippen LogP) is 1.62. The van der Waals surface area contributed by atoms with Crippen LogP contribution in [-0.2, 0) is 19.1 Å². The Balaban J connectivity index is 2.14. The fourth-order valence-electron chi connectivity index (χ4n) is 3.93. The number of rotatable bonds is 3. The molecule has 1 spiro atoms. The van der Waals surface area contributed by atoms with Gasteiger partial charge >= 0.3 is 12.0 Å². The molecule has 0 N–H and O–H groups in total. The van der Waals surface area contributed by atoms with Crippen molar-refractivity contribution < 1.29 is 23.9 Å². The summed E-state index contributed by atoms with van der Waals surface area (Å²) in [6.07, 6.45) is 0. The Morgan fingerprint density at radius 3 is 2.15 bits per heavy atom. The van der Waals surface area contributed by atoms with Gasteiger partial charge in [0.25, 0.3) is 0 Å². The van der Waals surface area contributed by atoms with Gasteiger partial charge in [0.15, 0.2) is 5.41 Å². The van der Waals surface area contributed by atoms with Gasteiger partial charge in [-0.25, -0.2) is 4.79 Å². The van der Waals surface area contributed by atoms with E-state index in [0.717, 1.165) is 26.5 Å². The Bertz CT molecular complexity index is 807. The minimum atomic E-state index is -1.61. The van der Waals surface area contributed by atoms with Gasteiger partial charge in [-0.05, 0) is 37.5 Å². The number of barbiturate groups is 1. The van der Waals surface area contributed by atoms with Crippen molar-refractivity contribution in [3.05, 3.63) is 34.9 Å². The van der Waals surface area contributed by atoms with Crippen LogP contribution in [0.4, 0.5) is 4.79 Å². The van der Waals surface area contributed by atoms with Crippen LogP contribution < -0.4 is 0 Å². The largest absolute Gasteiger partial charge is 0.466 e. The molecular formula is C19H22N2O5. The molecule has 1 saturated carbocycles. The third-order valence-corrected chi connectivity index (χ3v) is 5.53. The van der Waals surface area contributed by atoms with Gasteiger partial charge < -0.3 is 4.74 Å². The van der Waals surface area contributed by atoms with Crippen molar-refractivity contribution >= 4 is 23.8 Å². The number of imide groups is 2. The molecule has 2 atom stereocenters.